The van der Waals surface area contributed by atoms with Crippen molar-refractivity contribution in [3.05, 3.63) is 5.82 Å². The molecule has 0 bridgehead atoms. The van der Waals surface area contributed by atoms with E-state index in [9.17, 15) is 18.0 Å². The molecule has 1 saturated carbocycles. The molecule has 21 heavy (non-hydrogen) atoms. The summed E-state index contributed by atoms with van der Waals surface area (Å²) in [5.41, 5.74) is 5.29. The highest BCUT2D eigenvalue weighted by Crippen LogP contribution is 2.24. The lowest BCUT2D eigenvalue weighted by Crippen LogP contribution is -2.41. The van der Waals surface area contributed by atoms with Gasteiger partial charge in [-0.15, -0.1) is 5.10 Å². The number of anilines is 1. The number of ether oxygens (including phenoxy) is 1. The van der Waals surface area contributed by atoms with Crippen LogP contribution in [0.2, 0.25) is 0 Å². The molecule has 0 saturated heterocycles. The summed E-state index contributed by atoms with van der Waals surface area (Å²) < 4.78 is 41.2. The molecule has 0 radical (unpaired) electrons. The second-order valence-electron chi connectivity index (χ2n) is 4.93. The molecular weight excluding hydrogens is 291 g/mol. The zero-order valence-corrected chi connectivity index (χ0v) is 11.1. The number of nitrogens with two attached hydrogens (primary N) is 1. The number of carbonyl (C=O) groups is 1. The first-order chi connectivity index (χ1) is 9.83. The minimum absolute atomic E-state index is 0.0224. The van der Waals surface area contributed by atoms with Crippen LogP contribution in [0, 0.1) is 0 Å². The highest BCUT2D eigenvalue weighted by molar-refractivity contribution is 5.90. The van der Waals surface area contributed by atoms with Crippen molar-refractivity contribution in [2.24, 2.45) is 0 Å². The summed E-state index contributed by atoms with van der Waals surface area (Å²) in [7, 11) is 0. The van der Waals surface area contributed by atoms with Crippen molar-refractivity contribution in [3.8, 4) is 0 Å². The van der Waals surface area contributed by atoms with Crippen molar-refractivity contribution in [3.63, 3.8) is 0 Å². The average Bonchev–Trinajstić information content (AvgIpc) is 2.83. The van der Waals surface area contributed by atoms with Crippen LogP contribution in [0.3, 0.4) is 0 Å². The monoisotopic (exact) mass is 307 g/mol. The summed E-state index contributed by atoms with van der Waals surface area (Å²) in [6.45, 7) is -1.27. The summed E-state index contributed by atoms with van der Waals surface area (Å²) in [5.74, 6) is -0.554. The van der Waals surface area contributed by atoms with E-state index in [0.717, 1.165) is 0 Å². The van der Waals surface area contributed by atoms with E-state index in [4.69, 9.17) is 10.5 Å². The van der Waals surface area contributed by atoms with Crippen molar-refractivity contribution in [2.45, 2.75) is 44.0 Å². The number of alkyl halides is 3. The fourth-order valence-corrected chi connectivity index (χ4v) is 2.27. The molecule has 7 nitrogen and oxygen atoms in total. The van der Waals surface area contributed by atoms with Crippen LogP contribution in [0.1, 0.15) is 36.3 Å². The van der Waals surface area contributed by atoms with E-state index in [1.165, 1.54) is 0 Å². The van der Waals surface area contributed by atoms with E-state index < -0.39 is 24.8 Å². The molecule has 1 heterocycles. The SMILES string of the molecule is Nc1n[nH]c(C(=O)NC2CCCC(OCC(F)(F)F)C2)n1. The molecule has 1 amide bonds. The molecule has 0 aromatic carbocycles. The second-order valence-corrected chi connectivity index (χ2v) is 4.93. The van der Waals surface area contributed by atoms with Crippen LogP contribution in [-0.4, -0.2) is 46.0 Å². The zero-order valence-electron chi connectivity index (χ0n) is 11.1. The van der Waals surface area contributed by atoms with Crippen LogP contribution in [0.4, 0.5) is 19.1 Å². The normalized spacial score (nSPS) is 23.0. The lowest BCUT2D eigenvalue weighted by atomic mass is 9.93. The molecule has 2 atom stereocenters. The number of nitrogens with zero attached hydrogens (tertiary/aromatic N) is 2. The van der Waals surface area contributed by atoms with E-state index in [0.29, 0.717) is 25.7 Å². The van der Waals surface area contributed by atoms with Crippen LogP contribution >= 0.6 is 0 Å². The fourth-order valence-electron chi connectivity index (χ4n) is 2.27. The van der Waals surface area contributed by atoms with Crippen LogP contribution in [0.25, 0.3) is 0 Å². The number of aromatic amines is 1. The predicted octanol–water partition coefficient (Wildman–Crippen LogP) is 1.01. The number of hydrogen-bond donors (Lipinski definition) is 3. The van der Waals surface area contributed by atoms with Crippen LogP contribution in [0.15, 0.2) is 0 Å². The summed E-state index contributed by atoms with van der Waals surface area (Å²) in [6.07, 6.45) is -2.59. The third-order valence-electron chi connectivity index (χ3n) is 3.16. The largest absolute Gasteiger partial charge is 0.411 e. The van der Waals surface area contributed by atoms with E-state index in [1.807, 2.05) is 0 Å². The Balaban J connectivity index is 1.82. The first-order valence-electron chi connectivity index (χ1n) is 6.50. The predicted molar refractivity (Wildman–Crippen MR) is 66.3 cm³/mol. The van der Waals surface area contributed by atoms with Gasteiger partial charge in [0, 0.05) is 6.04 Å². The third-order valence-corrected chi connectivity index (χ3v) is 3.16. The molecule has 4 N–H and O–H groups in total. The molecule has 0 aliphatic heterocycles. The van der Waals surface area contributed by atoms with E-state index >= 15 is 0 Å². The standard InChI is InChI=1S/C11H16F3N5O2/c12-11(13,14)5-21-7-3-1-2-6(4-7)16-9(20)8-17-10(15)19-18-8/h6-7H,1-5H2,(H,16,20)(H3,15,17,18,19). The molecule has 1 aliphatic rings. The molecule has 1 aromatic heterocycles. The van der Waals surface area contributed by atoms with Gasteiger partial charge >= 0.3 is 6.18 Å². The van der Waals surface area contributed by atoms with Gasteiger partial charge in [-0.25, -0.2) is 0 Å². The highest BCUT2D eigenvalue weighted by Gasteiger charge is 2.31. The maximum Gasteiger partial charge on any atom is 0.411 e. The molecule has 118 valence electrons. The Morgan fingerprint density at radius 2 is 2.24 bits per heavy atom. The number of aromatic nitrogens is 3. The van der Waals surface area contributed by atoms with Gasteiger partial charge in [0.25, 0.3) is 5.91 Å². The number of rotatable bonds is 4. The fraction of sp³-hybridized carbons (Fsp3) is 0.727. The molecule has 1 aromatic rings. The summed E-state index contributed by atoms with van der Waals surface area (Å²) in [6, 6.07) is -0.254. The first-order valence-corrected chi connectivity index (χ1v) is 6.50. The van der Waals surface area contributed by atoms with Crippen molar-refractivity contribution in [1.29, 1.82) is 0 Å². The number of amides is 1. The van der Waals surface area contributed by atoms with Crippen LogP contribution < -0.4 is 11.1 Å². The molecule has 1 aliphatic carbocycles. The third kappa shape index (κ3) is 4.88. The summed E-state index contributed by atoms with van der Waals surface area (Å²) in [4.78, 5) is 15.5. The van der Waals surface area contributed by atoms with Crippen molar-refractivity contribution in [1.82, 2.24) is 20.5 Å². The van der Waals surface area contributed by atoms with Gasteiger partial charge in [0.2, 0.25) is 11.8 Å². The number of halogens is 3. The zero-order chi connectivity index (χ0) is 15.5. The second kappa shape index (κ2) is 6.29. The smallest absolute Gasteiger partial charge is 0.369 e. The van der Waals surface area contributed by atoms with Gasteiger partial charge < -0.3 is 15.8 Å². The van der Waals surface area contributed by atoms with Crippen LogP contribution in [-0.2, 0) is 4.74 Å². The Morgan fingerprint density at radius 1 is 1.48 bits per heavy atom. The van der Waals surface area contributed by atoms with Gasteiger partial charge in [-0.05, 0) is 25.7 Å². The van der Waals surface area contributed by atoms with Gasteiger partial charge in [0.1, 0.15) is 6.61 Å². The van der Waals surface area contributed by atoms with E-state index in [-0.39, 0.29) is 17.8 Å². The van der Waals surface area contributed by atoms with Gasteiger partial charge in [-0.3, -0.25) is 9.89 Å². The molecule has 10 heteroatoms. The Kier molecular flexibility index (Phi) is 4.66. The lowest BCUT2D eigenvalue weighted by molar-refractivity contribution is -0.188. The van der Waals surface area contributed by atoms with Crippen molar-refractivity contribution >= 4 is 11.9 Å². The lowest BCUT2D eigenvalue weighted by Gasteiger charge is -2.29. The number of hydrogen-bond acceptors (Lipinski definition) is 5. The maximum absolute atomic E-state index is 12.1. The minimum atomic E-state index is -4.34. The number of H-pyrrole nitrogens is 1. The Morgan fingerprint density at radius 3 is 2.86 bits per heavy atom. The highest BCUT2D eigenvalue weighted by atomic mass is 19.4. The van der Waals surface area contributed by atoms with Gasteiger partial charge in [-0.1, -0.05) is 0 Å². The molecule has 0 spiro atoms. The van der Waals surface area contributed by atoms with E-state index in [2.05, 4.69) is 20.5 Å². The average molecular weight is 307 g/mol. The molecular formula is C11H16F3N5O2. The Bertz CT molecular complexity index is 490. The molecule has 2 unspecified atom stereocenters. The minimum Gasteiger partial charge on any atom is -0.369 e. The number of nitrogen functional groups attached to an aromatic ring is 1. The Labute approximate surface area is 118 Å². The van der Waals surface area contributed by atoms with Gasteiger partial charge in [-0.2, -0.15) is 18.2 Å². The molecule has 2 rings (SSSR count). The van der Waals surface area contributed by atoms with Crippen LogP contribution in [0.5, 0.6) is 0 Å². The first kappa shape index (κ1) is 15.5. The quantitative estimate of drug-likeness (QED) is 0.769. The molecule has 1 fully saturated rings. The van der Waals surface area contributed by atoms with Gasteiger partial charge in [0.15, 0.2) is 0 Å². The topological polar surface area (TPSA) is 106 Å². The van der Waals surface area contributed by atoms with Gasteiger partial charge in [0.05, 0.1) is 6.10 Å². The summed E-state index contributed by atoms with van der Waals surface area (Å²) in [5, 5.41) is 8.59. The number of nitrogens with one attached hydrogen (secondary N) is 2. The maximum atomic E-state index is 12.1. The number of carbonyl (C=O) groups excluding carboxylic acids is 1. The Hall–Kier alpha value is -1.84. The summed E-state index contributed by atoms with van der Waals surface area (Å²) >= 11 is 0. The van der Waals surface area contributed by atoms with E-state index in [1.54, 1.807) is 0 Å². The van der Waals surface area contributed by atoms with Crippen molar-refractivity contribution < 1.29 is 22.7 Å². The van der Waals surface area contributed by atoms with Crippen molar-refractivity contribution in [2.75, 3.05) is 12.3 Å².